The Morgan fingerprint density at radius 2 is 1.81 bits per heavy atom. The second-order valence-corrected chi connectivity index (χ2v) is 5.22. The van der Waals surface area contributed by atoms with Gasteiger partial charge in [-0.2, -0.15) is 0 Å². The van der Waals surface area contributed by atoms with Crippen molar-refractivity contribution in [3.05, 3.63) is 65.4 Å². The summed E-state index contributed by atoms with van der Waals surface area (Å²) in [5.74, 6) is -2.70. The van der Waals surface area contributed by atoms with Crippen LogP contribution in [0.1, 0.15) is 29.8 Å². The van der Waals surface area contributed by atoms with Crippen LogP contribution in [0, 0.1) is 0 Å². The number of ether oxygens (including phenoxy) is 1. The highest BCUT2D eigenvalue weighted by Crippen LogP contribution is 2.23. The maximum absolute atomic E-state index is 13.0. The zero-order chi connectivity index (χ0) is 19.1. The van der Waals surface area contributed by atoms with Crippen molar-refractivity contribution in [2.24, 2.45) is 0 Å². The van der Waals surface area contributed by atoms with E-state index >= 15 is 0 Å². The molecule has 2 aromatic rings. The SMILES string of the molecule is CCOC(=O)/C(C(=O)c1cccnc1NC(C)=O)=C(/O)c1ccccc1. The van der Waals surface area contributed by atoms with E-state index in [1.54, 1.807) is 37.3 Å². The molecule has 1 heterocycles. The van der Waals surface area contributed by atoms with Gasteiger partial charge in [-0.15, -0.1) is 0 Å². The fourth-order valence-corrected chi connectivity index (χ4v) is 2.23. The molecular weight excluding hydrogens is 336 g/mol. The van der Waals surface area contributed by atoms with Crippen LogP contribution in [0.4, 0.5) is 5.82 Å². The first kappa shape index (κ1) is 18.9. The van der Waals surface area contributed by atoms with Gasteiger partial charge in [0.2, 0.25) is 11.7 Å². The third kappa shape index (κ3) is 4.32. The maximum atomic E-state index is 13.0. The van der Waals surface area contributed by atoms with Crippen molar-refractivity contribution in [2.75, 3.05) is 11.9 Å². The smallest absolute Gasteiger partial charge is 0.345 e. The van der Waals surface area contributed by atoms with Gasteiger partial charge in [-0.05, 0) is 19.1 Å². The molecule has 1 amide bonds. The monoisotopic (exact) mass is 354 g/mol. The molecule has 1 aromatic carbocycles. The summed E-state index contributed by atoms with van der Waals surface area (Å²) in [4.78, 5) is 40.6. The number of carbonyl (C=O) groups is 3. The number of benzene rings is 1. The highest BCUT2D eigenvalue weighted by atomic mass is 16.5. The van der Waals surface area contributed by atoms with Crippen molar-refractivity contribution < 1.29 is 24.2 Å². The van der Waals surface area contributed by atoms with Gasteiger partial charge in [0.05, 0.1) is 12.2 Å². The molecule has 7 heteroatoms. The zero-order valence-corrected chi connectivity index (χ0v) is 14.4. The summed E-state index contributed by atoms with van der Waals surface area (Å²) in [5, 5.41) is 13.0. The number of Topliss-reactive ketones (excluding diaryl/α,β-unsaturated/α-hetero) is 1. The molecule has 1 aromatic heterocycles. The standard InChI is InChI=1S/C19H18N2O5/c1-3-26-19(25)15(16(23)13-8-5-4-6-9-13)17(24)14-10-7-11-20-18(14)21-12(2)22/h4-11,23H,3H2,1-2H3,(H,20,21,22)/b16-15+. The van der Waals surface area contributed by atoms with E-state index in [0.717, 1.165) is 0 Å². The fraction of sp³-hybridized carbons (Fsp3) is 0.158. The lowest BCUT2D eigenvalue weighted by Gasteiger charge is -2.12. The van der Waals surface area contributed by atoms with E-state index in [-0.39, 0.29) is 23.6 Å². The molecule has 0 saturated heterocycles. The molecule has 0 saturated carbocycles. The lowest BCUT2D eigenvalue weighted by molar-refractivity contribution is -0.138. The van der Waals surface area contributed by atoms with Crippen molar-refractivity contribution in [3.63, 3.8) is 0 Å². The largest absolute Gasteiger partial charge is 0.506 e. The normalized spacial score (nSPS) is 11.3. The number of carbonyl (C=O) groups excluding carboxylic acids is 3. The zero-order valence-electron chi connectivity index (χ0n) is 14.4. The van der Waals surface area contributed by atoms with Crippen LogP contribution in [0.15, 0.2) is 54.2 Å². The number of rotatable bonds is 6. The predicted molar refractivity (Wildman–Crippen MR) is 95.5 cm³/mol. The molecule has 0 aliphatic heterocycles. The Morgan fingerprint density at radius 1 is 1.12 bits per heavy atom. The molecule has 2 rings (SSSR count). The van der Waals surface area contributed by atoms with E-state index in [0.29, 0.717) is 0 Å². The molecule has 2 N–H and O–H groups in total. The van der Waals surface area contributed by atoms with Gasteiger partial charge >= 0.3 is 5.97 Å². The van der Waals surface area contributed by atoms with E-state index in [4.69, 9.17) is 4.74 Å². The first-order valence-electron chi connectivity index (χ1n) is 7.88. The van der Waals surface area contributed by atoms with E-state index in [2.05, 4.69) is 10.3 Å². The third-order valence-electron chi connectivity index (χ3n) is 3.34. The second-order valence-electron chi connectivity index (χ2n) is 5.22. The van der Waals surface area contributed by atoms with E-state index in [1.165, 1.54) is 25.3 Å². The van der Waals surface area contributed by atoms with Gasteiger partial charge in [-0.3, -0.25) is 9.59 Å². The molecular formula is C19H18N2O5. The molecule has 0 fully saturated rings. The minimum atomic E-state index is -0.962. The number of nitrogens with zero attached hydrogens (tertiary/aromatic N) is 1. The van der Waals surface area contributed by atoms with E-state index in [1.807, 2.05) is 0 Å². The van der Waals surface area contributed by atoms with Gasteiger partial charge in [0.1, 0.15) is 17.2 Å². The molecule has 0 spiro atoms. The Balaban J connectivity index is 2.59. The quantitative estimate of drug-likeness (QED) is 0.206. The molecule has 0 unspecified atom stereocenters. The van der Waals surface area contributed by atoms with Crippen LogP contribution in [-0.4, -0.2) is 34.4 Å². The molecule has 0 bridgehead atoms. The molecule has 0 atom stereocenters. The molecule has 0 aliphatic rings. The number of anilines is 1. The predicted octanol–water partition coefficient (Wildman–Crippen LogP) is 2.76. The Morgan fingerprint density at radius 3 is 2.42 bits per heavy atom. The first-order chi connectivity index (χ1) is 12.5. The number of pyridine rings is 1. The summed E-state index contributed by atoms with van der Waals surface area (Å²) in [7, 11) is 0. The van der Waals surface area contributed by atoms with E-state index < -0.39 is 29.0 Å². The molecule has 26 heavy (non-hydrogen) atoms. The topological polar surface area (TPSA) is 106 Å². The summed E-state index contributed by atoms with van der Waals surface area (Å²) in [5.41, 5.74) is -0.278. The van der Waals surface area contributed by atoms with Gasteiger partial charge in [-0.1, -0.05) is 30.3 Å². The number of ketones is 1. The summed E-state index contributed by atoms with van der Waals surface area (Å²) >= 11 is 0. The summed E-state index contributed by atoms with van der Waals surface area (Å²) < 4.78 is 4.92. The Hall–Kier alpha value is -3.48. The second kappa shape index (κ2) is 8.57. The Bertz CT molecular complexity index is 859. The molecule has 7 nitrogen and oxygen atoms in total. The van der Waals surface area contributed by atoms with Crippen LogP contribution in [-0.2, 0) is 14.3 Å². The van der Waals surface area contributed by atoms with Gasteiger partial charge in [0.15, 0.2) is 0 Å². The summed E-state index contributed by atoms with van der Waals surface area (Å²) in [6.45, 7) is 2.89. The minimum Gasteiger partial charge on any atom is -0.506 e. The number of hydrogen-bond acceptors (Lipinski definition) is 6. The number of aromatic nitrogens is 1. The molecule has 0 radical (unpaired) electrons. The number of aliphatic hydroxyl groups excluding tert-OH is 1. The van der Waals surface area contributed by atoms with Gasteiger partial charge in [0.25, 0.3) is 0 Å². The number of nitrogens with one attached hydrogen (secondary N) is 1. The van der Waals surface area contributed by atoms with Gasteiger partial charge < -0.3 is 15.2 Å². The van der Waals surface area contributed by atoms with Crippen LogP contribution in [0.2, 0.25) is 0 Å². The minimum absolute atomic E-state index is 0.00680. The highest BCUT2D eigenvalue weighted by molar-refractivity contribution is 6.29. The molecule has 134 valence electrons. The van der Waals surface area contributed by atoms with Gasteiger partial charge in [-0.25, -0.2) is 9.78 Å². The lowest BCUT2D eigenvalue weighted by atomic mass is 9.99. The van der Waals surface area contributed by atoms with Crippen LogP contribution in [0.5, 0.6) is 0 Å². The Kier molecular flexibility index (Phi) is 6.21. The van der Waals surface area contributed by atoms with E-state index in [9.17, 15) is 19.5 Å². The van der Waals surface area contributed by atoms with Crippen LogP contribution >= 0.6 is 0 Å². The first-order valence-corrected chi connectivity index (χ1v) is 7.88. The molecule has 0 aliphatic carbocycles. The average Bonchev–Trinajstić information content (AvgIpc) is 2.62. The van der Waals surface area contributed by atoms with Gasteiger partial charge in [0, 0.05) is 18.7 Å². The fourth-order valence-electron chi connectivity index (χ4n) is 2.23. The van der Waals surface area contributed by atoms with Crippen molar-refractivity contribution in [1.82, 2.24) is 4.98 Å². The maximum Gasteiger partial charge on any atom is 0.345 e. The van der Waals surface area contributed by atoms with Crippen LogP contribution in [0.3, 0.4) is 0 Å². The number of amides is 1. The van der Waals surface area contributed by atoms with Crippen molar-refractivity contribution in [1.29, 1.82) is 0 Å². The number of esters is 1. The van der Waals surface area contributed by atoms with Crippen molar-refractivity contribution in [3.8, 4) is 0 Å². The summed E-state index contributed by atoms with van der Waals surface area (Å²) in [6, 6.07) is 11.1. The summed E-state index contributed by atoms with van der Waals surface area (Å²) in [6.07, 6.45) is 1.40. The highest BCUT2D eigenvalue weighted by Gasteiger charge is 2.28. The van der Waals surface area contributed by atoms with Crippen LogP contribution in [0.25, 0.3) is 5.76 Å². The van der Waals surface area contributed by atoms with Crippen molar-refractivity contribution in [2.45, 2.75) is 13.8 Å². The number of hydrogen-bond donors (Lipinski definition) is 2. The average molecular weight is 354 g/mol. The third-order valence-corrected chi connectivity index (χ3v) is 3.34. The van der Waals surface area contributed by atoms with Crippen LogP contribution < -0.4 is 5.32 Å². The number of aliphatic hydroxyl groups is 1. The lowest BCUT2D eigenvalue weighted by Crippen LogP contribution is -2.20. The van der Waals surface area contributed by atoms with Crippen molar-refractivity contribution >= 4 is 29.2 Å². The Labute approximate surface area is 150 Å².